The van der Waals surface area contributed by atoms with E-state index in [0.717, 1.165) is 22.5 Å². The minimum absolute atomic E-state index is 0.0517. The van der Waals surface area contributed by atoms with E-state index in [1.54, 1.807) is 36.8 Å². The molecule has 2 N–H and O–H groups in total. The Morgan fingerprint density at radius 3 is 2.36 bits per heavy atom. The number of fused-ring (bicyclic) bond motifs is 1. The van der Waals surface area contributed by atoms with E-state index >= 15 is 0 Å². The Kier molecular flexibility index (Phi) is 8.42. The summed E-state index contributed by atoms with van der Waals surface area (Å²) in [5.74, 6) is 0.600. The van der Waals surface area contributed by atoms with Crippen LogP contribution in [0.1, 0.15) is 41.6 Å². The third-order valence-electron chi connectivity index (χ3n) is 8.43. The second-order valence-electron chi connectivity index (χ2n) is 11.3. The molecule has 0 atom stereocenters. The molecule has 2 aromatic heterocycles. The van der Waals surface area contributed by atoms with Crippen LogP contribution in [0.15, 0.2) is 61.1 Å². The lowest BCUT2D eigenvalue weighted by molar-refractivity contribution is -0.138. The average Bonchev–Trinajstić information content (AvgIpc) is 3.46. The van der Waals surface area contributed by atoms with Crippen molar-refractivity contribution in [2.75, 3.05) is 31.5 Å². The van der Waals surface area contributed by atoms with Crippen LogP contribution in [0.25, 0.3) is 16.9 Å². The lowest BCUT2D eigenvalue weighted by atomic mass is 9.93. The standard InChI is InChI=1S/C32H34F2N6O4/c1-20-18-23(4-7-26(20)31(43)39-13-8-22(9-14-39)30(42)38-15-10-24(41)11-16-38)37-28-29-36-19-27(40(29)17-12-35-28)21-2-5-25(6-3-21)44-32(33)34/h2-7,12,17-19,22,24,32,41H,8-11,13-16H2,1H3,(H,35,37). The van der Waals surface area contributed by atoms with Crippen molar-refractivity contribution in [3.8, 4) is 17.0 Å². The second kappa shape index (κ2) is 12.6. The summed E-state index contributed by atoms with van der Waals surface area (Å²) in [6, 6.07) is 11.9. The molecule has 0 spiro atoms. The number of aryl methyl sites for hydroxylation is 1. The number of carbonyl (C=O) groups is 2. The molecule has 2 aliphatic rings. The molecule has 2 fully saturated rings. The third-order valence-corrected chi connectivity index (χ3v) is 8.43. The zero-order valence-corrected chi connectivity index (χ0v) is 24.3. The number of benzene rings is 2. The molecule has 0 unspecified atom stereocenters. The van der Waals surface area contributed by atoms with Gasteiger partial charge in [-0.2, -0.15) is 8.78 Å². The quantitative estimate of drug-likeness (QED) is 0.309. The number of imidazole rings is 1. The summed E-state index contributed by atoms with van der Waals surface area (Å²) in [6.07, 6.45) is 7.30. The van der Waals surface area contributed by atoms with Crippen LogP contribution in [-0.4, -0.2) is 80.0 Å². The minimum atomic E-state index is -2.89. The number of anilines is 2. The Morgan fingerprint density at radius 1 is 0.977 bits per heavy atom. The maximum Gasteiger partial charge on any atom is 0.387 e. The number of piperidine rings is 2. The van der Waals surface area contributed by atoms with E-state index in [9.17, 15) is 23.5 Å². The number of hydrogen-bond donors (Lipinski definition) is 2. The zero-order chi connectivity index (χ0) is 30.8. The number of aromatic nitrogens is 3. The van der Waals surface area contributed by atoms with Crippen molar-refractivity contribution in [1.82, 2.24) is 24.2 Å². The number of carbonyl (C=O) groups excluding carboxylic acids is 2. The first kappa shape index (κ1) is 29.5. The predicted molar refractivity (Wildman–Crippen MR) is 160 cm³/mol. The average molecular weight is 605 g/mol. The minimum Gasteiger partial charge on any atom is -0.435 e. The molecule has 4 heterocycles. The molecular formula is C32H34F2N6O4. The Hall–Kier alpha value is -4.58. The van der Waals surface area contributed by atoms with Gasteiger partial charge in [0.1, 0.15) is 5.75 Å². The van der Waals surface area contributed by atoms with Gasteiger partial charge in [0.15, 0.2) is 11.5 Å². The predicted octanol–water partition coefficient (Wildman–Crippen LogP) is 4.89. The molecule has 4 aromatic rings. The fraction of sp³-hybridized carbons (Fsp3) is 0.375. The van der Waals surface area contributed by atoms with Crippen LogP contribution in [0.4, 0.5) is 20.3 Å². The fourth-order valence-corrected chi connectivity index (χ4v) is 5.99. The van der Waals surface area contributed by atoms with E-state index in [2.05, 4.69) is 20.0 Å². The van der Waals surface area contributed by atoms with Crippen LogP contribution < -0.4 is 10.1 Å². The van der Waals surface area contributed by atoms with Gasteiger partial charge >= 0.3 is 6.61 Å². The number of rotatable bonds is 7. The van der Waals surface area contributed by atoms with Gasteiger partial charge in [-0.25, -0.2) is 9.97 Å². The Morgan fingerprint density at radius 2 is 1.68 bits per heavy atom. The van der Waals surface area contributed by atoms with Crippen LogP contribution in [0.3, 0.4) is 0 Å². The number of aliphatic hydroxyl groups is 1. The molecular weight excluding hydrogens is 570 g/mol. The molecule has 2 saturated heterocycles. The Balaban J connectivity index is 1.10. The van der Waals surface area contributed by atoms with Crippen molar-refractivity contribution < 1.29 is 28.2 Å². The van der Waals surface area contributed by atoms with E-state index in [0.29, 0.717) is 68.9 Å². The van der Waals surface area contributed by atoms with Crippen molar-refractivity contribution in [1.29, 1.82) is 0 Å². The van der Waals surface area contributed by atoms with Crippen LogP contribution in [0.5, 0.6) is 5.75 Å². The Labute approximate surface area is 253 Å². The van der Waals surface area contributed by atoms with Crippen LogP contribution >= 0.6 is 0 Å². The first-order chi connectivity index (χ1) is 21.3. The molecule has 0 radical (unpaired) electrons. The van der Waals surface area contributed by atoms with Crippen LogP contribution in [-0.2, 0) is 4.79 Å². The van der Waals surface area contributed by atoms with Crippen molar-refractivity contribution >= 4 is 29.0 Å². The number of halogens is 2. The molecule has 2 aliphatic heterocycles. The number of aliphatic hydroxyl groups excluding tert-OH is 1. The molecule has 0 bridgehead atoms. The number of alkyl halides is 2. The molecule has 2 amide bonds. The maximum atomic E-state index is 13.4. The van der Waals surface area contributed by atoms with E-state index in [-0.39, 0.29) is 29.6 Å². The van der Waals surface area contributed by atoms with Gasteiger partial charge in [0.25, 0.3) is 5.91 Å². The highest BCUT2D eigenvalue weighted by atomic mass is 19.3. The summed E-state index contributed by atoms with van der Waals surface area (Å²) in [5, 5.41) is 13.0. The summed E-state index contributed by atoms with van der Waals surface area (Å²) in [5.41, 5.74) is 4.27. The number of nitrogens with zero attached hydrogens (tertiary/aromatic N) is 5. The van der Waals surface area contributed by atoms with Gasteiger partial charge in [-0.3, -0.25) is 14.0 Å². The van der Waals surface area contributed by atoms with Crippen LogP contribution in [0, 0.1) is 12.8 Å². The van der Waals surface area contributed by atoms with Gasteiger partial charge in [-0.05, 0) is 80.6 Å². The molecule has 10 nitrogen and oxygen atoms in total. The third kappa shape index (κ3) is 6.21. The highest BCUT2D eigenvalue weighted by Gasteiger charge is 2.32. The van der Waals surface area contributed by atoms with Crippen molar-refractivity contribution in [2.45, 2.75) is 45.3 Å². The number of ether oxygens (including phenoxy) is 1. The zero-order valence-electron chi connectivity index (χ0n) is 24.3. The van der Waals surface area contributed by atoms with Gasteiger partial charge in [0, 0.05) is 61.3 Å². The number of amides is 2. The largest absolute Gasteiger partial charge is 0.435 e. The molecule has 0 aliphatic carbocycles. The molecule has 6 rings (SSSR count). The van der Waals surface area contributed by atoms with Crippen molar-refractivity contribution in [3.05, 3.63) is 72.2 Å². The van der Waals surface area contributed by atoms with E-state index < -0.39 is 6.61 Å². The first-order valence-electron chi connectivity index (χ1n) is 14.8. The molecule has 2 aromatic carbocycles. The first-order valence-corrected chi connectivity index (χ1v) is 14.8. The second-order valence-corrected chi connectivity index (χ2v) is 11.3. The summed E-state index contributed by atoms with van der Waals surface area (Å²) >= 11 is 0. The monoisotopic (exact) mass is 604 g/mol. The maximum absolute atomic E-state index is 13.4. The van der Waals surface area contributed by atoms with E-state index in [4.69, 9.17) is 0 Å². The molecule has 230 valence electrons. The SMILES string of the molecule is Cc1cc(Nc2nccn3c(-c4ccc(OC(F)F)cc4)cnc23)ccc1C(=O)N1CCC(C(=O)N2CCC(O)CC2)CC1. The summed E-state index contributed by atoms with van der Waals surface area (Å²) in [4.78, 5) is 39.0. The highest BCUT2D eigenvalue weighted by Crippen LogP contribution is 2.29. The van der Waals surface area contributed by atoms with E-state index in [1.165, 1.54) is 12.1 Å². The molecule has 0 saturated carbocycles. The lowest BCUT2D eigenvalue weighted by Gasteiger charge is -2.36. The van der Waals surface area contributed by atoms with Crippen molar-refractivity contribution in [3.63, 3.8) is 0 Å². The lowest BCUT2D eigenvalue weighted by Crippen LogP contribution is -2.47. The Bertz CT molecular complexity index is 1640. The highest BCUT2D eigenvalue weighted by molar-refractivity contribution is 5.96. The topological polar surface area (TPSA) is 112 Å². The van der Waals surface area contributed by atoms with Gasteiger partial charge in [0.05, 0.1) is 18.0 Å². The van der Waals surface area contributed by atoms with Gasteiger partial charge < -0.3 is 25.0 Å². The van der Waals surface area contributed by atoms with Gasteiger partial charge in [-0.15, -0.1) is 0 Å². The van der Waals surface area contributed by atoms with E-state index in [1.807, 2.05) is 33.3 Å². The van der Waals surface area contributed by atoms with Gasteiger partial charge in [-0.1, -0.05) is 0 Å². The number of likely N-dealkylation sites (tertiary alicyclic amines) is 2. The summed E-state index contributed by atoms with van der Waals surface area (Å²) in [6.45, 7) is 1.26. The van der Waals surface area contributed by atoms with Gasteiger partial charge in [0.2, 0.25) is 5.91 Å². The normalized spacial score (nSPS) is 16.5. The number of nitrogens with one attached hydrogen (secondary N) is 1. The van der Waals surface area contributed by atoms with Crippen LogP contribution in [0.2, 0.25) is 0 Å². The summed E-state index contributed by atoms with van der Waals surface area (Å²) < 4.78 is 31.3. The van der Waals surface area contributed by atoms with Crippen molar-refractivity contribution in [2.24, 2.45) is 5.92 Å². The number of hydrogen-bond acceptors (Lipinski definition) is 7. The molecule has 44 heavy (non-hydrogen) atoms. The molecule has 12 heteroatoms. The smallest absolute Gasteiger partial charge is 0.387 e. The fourth-order valence-electron chi connectivity index (χ4n) is 5.99. The summed E-state index contributed by atoms with van der Waals surface area (Å²) in [7, 11) is 0.